The summed E-state index contributed by atoms with van der Waals surface area (Å²) in [5.41, 5.74) is 2.80. The lowest BCUT2D eigenvalue weighted by Gasteiger charge is -2.31. The Morgan fingerprint density at radius 1 is 1.45 bits per heavy atom. The van der Waals surface area contributed by atoms with Gasteiger partial charge in [0.1, 0.15) is 11.7 Å². The lowest BCUT2D eigenvalue weighted by atomic mass is 10.0. The zero-order valence-electron chi connectivity index (χ0n) is 11.4. The molecule has 1 amide bonds. The summed E-state index contributed by atoms with van der Waals surface area (Å²) in [5.74, 6) is -1.33. The maximum atomic E-state index is 12.7. The number of nitrogens with zero attached hydrogens (tertiary/aromatic N) is 2. The molecule has 0 fully saturated rings. The summed E-state index contributed by atoms with van der Waals surface area (Å²) in [4.78, 5) is 35.7. The fourth-order valence-corrected chi connectivity index (χ4v) is 3.57. The molecule has 0 bridgehead atoms. The standard InChI is InChI=1S/C14H12N4O3S/c19-13(9-4-12-7(17-9)1-2-22-12)18-5-10-8(15-6-16-10)3-11(18)14(20)21/h1-2,4,6,11,17H,3,5H2,(H,15,16)(H,20,21)/t11-/m0/s1. The molecule has 1 aliphatic heterocycles. The Bertz CT molecular complexity index is 849. The molecular formula is C14H12N4O3S. The maximum Gasteiger partial charge on any atom is 0.326 e. The van der Waals surface area contributed by atoms with E-state index in [0.29, 0.717) is 11.4 Å². The summed E-state index contributed by atoms with van der Waals surface area (Å²) >= 11 is 1.53. The van der Waals surface area contributed by atoms with Crippen LogP contribution in [0.3, 0.4) is 0 Å². The summed E-state index contributed by atoms with van der Waals surface area (Å²) in [6, 6.07) is 2.77. The number of aromatic amines is 2. The van der Waals surface area contributed by atoms with Crippen LogP contribution in [0.15, 0.2) is 23.8 Å². The first kappa shape index (κ1) is 13.1. The molecule has 7 nitrogen and oxygen atoms in total. The van der Waals surface area contributed by atoms with Gasteiger partial charge < -0.3 is 20.0 Å². The predicted molar refractivity (Wildman–Crippen MR) is 79.8 cm³/mol. The molecule has 3 aromatic rings. The van der Waals surface area contributed by atoms with Crippen LogP contribution in [0.2, 0.25) is 0 Å². The van der Waals surface area contributed by atoms with Crippen LogP contribution < -0.4 is 0 Å². The highest BCUT2D eigenvalue weighted by atomic mass is 32.1. The molecule has 0 saturated carbocycles. The number of aliphatic carboxylic acids is 1. The lowest BCUT2D eigenvalue weighted by Crippen LogP contribution is -2.48. The number of amides is 1. The number of hydrogen-bond acceptors (Lipinski definition) is 4. The van der Waals surface area contributed by atoms with Gasteiger partial charge in [0.2, 0.25) is 0 Å². The molecule has 8 heteroatoms. The number of carbonyl (C=O) groups is 2. The normalized spacial score (nSPS) is 17.6. The number of carboxylic acid groups (broad SMARTS) is 1. The number of carboxylic acids is 1. The average molecular weight is 316 g/mol. The number of rotatable bonds is 2. The van der Waals surface area contributed by atoms with Crippen LogP contribution in [-0.4, -0.2) is 42.9 Å². The van der Waals surface area contributed by atoms with Gasteiger partial charge in [0.25, 0.3) is 5.91 Å². The van der Waals surface area contributed by atoms with E-state index in [0.717, 1.165) is 15.9 Å². The fraction of sp³-hybridized carbons (Fsp3) is 0.214. The zero-order chi connectivity index (χ0) is 15.3. The first-order valence-electron chi connectivity index (χ1n) is 6.74. The van der Waals surface area contributed by atoms with E-state index in [1.54, 1.807) is 6.07 Å². The molecule has 0 radical (unpaired) electrons. The van der Waals surface area contributed by atoms with Gasteiger partial charge in [-0.25, -0.2) is 9.78 Å². The third-order valence-electron chi connectivity index (χ3n) is 3.92. The van der Waals surface area contributed by atoms with E-state index >= 15 is 0 Å². The number of hydrogen-bond donors (Lipinski definition) is 3. The number of aromatic nitrogens is 3. The van der Waals surface area contributed by atoms with Crippen LogP contribution in [0, 0.1) is 0 Å². The number of imidazole rings is 1. The second-order valence-electron chi connectivity index (χ2n) is 5.20. The highest BCUT2D eigenvalue weighted by molar-refractivity contribution is 7.17. The zero-order valence-corrected chi connectivity index (χ0v) is 12.2. The molecular weight excluding hydrogens is 304 g/mol. The Balaban J connectivity index is 1.71. The van der Waals surface area contributed by atoms with E-state index in [1.807, 2.05) is 11.4 Å². The molecule has 3 aromatic heterocycles. The first-order chi connectivity index (χ1) is 10.6. The summed E-state index contributed by atoms with van der Waals surface area (Å²) in [7, 11) is 0. The highest BCUT2D eigenvalue weighted by Crippen LogP contribution is 2.26. The number of carbonyl (C=O) groups excluding carboxylic acids is 1. The molecule has 0 spiro atoms. The minimum Gasteiger partial charge on any atom is -0.480 e. The molecule has 1 atom stereocenters. The first-order valence-corrected chi connectivity index (χ1v) is 7.62. The number of nitrogens with one attached hydrogen (secondary N) is 2. The minimum absolute atomic E-state index is 0.217. The van der Waals surface area contributed by atoms with Crippen LogP contribution >= 0.6 is 11.3 Å². The van der Waals surface area contributed by atoms with Crippen LogP contribution in [0.5, 0.6) is 0 Å². The van der Waals surface area contributed by atoms with Crippen molar-refractivity contribution in [3.63, 3.8) is 0 Å². The van der Waals surface area contributed by atoms with E-state index in [1.165, 1.54) is 22.6 Å². The molecule has 22 heavy (non-hydrogen) atoms. The number of H-pyrrole nitrogens is 2. The van der Waals surface area contributed by atoms with Gasteiger partial charge in [0, 0.05) is 6.42 Å². The summed E-state index contributed by atoms with van der Waals surface area (Å²) in [5, 5.41) is 11.4. The molecule has 0 saturated heterocycles. The Labute approximate surface area is 128 Å². The Hall–Kier alpha value is -2.61. The third-order valence-corrected chi connectivity index (χ3v) is 4.78. The molecule has 4 heterocycles. The van der Waals surface area contributed by atoms with Crippen LogP contribution in [0.25, 0.3) is 10.2 Å². The highest BCUT2D eigenvalue weighted by Gasteiger charge is 2.36. The predicted octanol–water partition coefficient (Wildman–Crippen LogP) is 1.60. The van der Waals surface area contributed by atoms with Crippen molar-refractivity contribution in [1.82, 2.24) is 19.9 Å². The summed E-state index contributed by atoms with van der Waals surface area (Å²) in [6.07, 6.45) is 1.75. The third kappa shape index (κ3) is 1.92. The largest absolute Gasteiger partial charge is 0.480 e. The van der Waals surface area contributed by atoms with Crippen molar-refractivity contribution in [2.45, 2.75) is 19.0 Å². The van der Waals surface area contributed by atoms with Crippen molar-refractivity contribution < 1.29 is 14.7 Å². The Morgan fingerprint density at radius 2 is 2.32 bits per heavy atom. The fourth-order valence-electron chi connectivity index (χ4n) is 2.79. The van der Waals surface area contributed by atoms with Gasteiger partial charge in [-0.1, -0.05) is 0 Å². The maximum absolute atomic E-state index is 12.7. The minimum atomic E-state index is -1.02. The Morgan fingerprint density at radius 3 is 3.09 bits per heavy atom. The van der Waals surface area contributed by atoms with Gasteiger partial charge in [-0.2, -0.15) is 0 Å². The molecule has 0 unspecified atom stereocenters. The monoisotopic (exact) mass is 316 g/mol. The summed E-state index contributed by atoms with van der Waals surface area (Å²) < 4.78 is 0.981. The van der Waals surface area contributed by atoms with E-state index in [-0.39, 0.29) is 18.9 Å². The summed E-state index contributed by atoms with van der Waals surface area (Å²) in [6.45, 7) is 0.220. The molecule has 3 N–H and O–H groups in total. The molecule has 0 aliphatic carbocycles. The van der Waals surface area contributed by atoms with Gasteiger partial charge in [0.05, 0.1) is 34.5 Å². The van der Waals surface area contributed by atoms with E-state index in [2.05, 4.69) is 15.0 Å². The molecule has 1 aliphatic rings. The van der Waals surface area contributed by atoms with Gasteiger partial charge in [-0.3, -0.25) is 4.79 Å². The quantitative estimate of drug-likeness (QED) is 0.668. The number of thiophene rings is 1. The van der Waals surface area contributed by atoms with Crippen molar-refractivity contribution in [3.8, 4) is 0 Å². The topological polar surface area (TPSA) is 102 Å². The van der Waals surface area contributed by atoms with Gasteiger partial charge >= 0.3 is 5.97 Å². The molecule has 4 rings (SSSR count). The van der Waals surface area contributed by atoms with Gasteiger partial charge in [-0.15, -0.1) is 11.3 Å². The van der Waals surface area contributed by atoms with Crippen LogP contribution in [0.4, 0.5) is 0 Å². The van der Waals surface area contributed by atoms with E-state index in [9.17, 15) is 14.7 Å². The smallest absolute Gasteiger partial charge is 0.326 e. The second kappa shape index (κ2) is 4.70. The van der Waals surface area contributed by atoms with Gasteiger partial charge in [0.15, 0.2) is 0 Å². The number of fused-ring (bicyclic) bond motifs is 2. The van der Waals surface area contributed by atoms with Gasteiger partial charge in [-0.05, 0) is 17.5 Å². The average Bonchev–Trinajstić information content (AvgIpc) is 3.19. The van der Waals surface area contributed by atoms with Crippen molar-refractivity contribution >= 4 is 33.4 Å². The van der Waals surface area contributed by atoms with E-state index in [4.69, 9.17) is 0 Å². The lowest BCUT2D eigenvalue weighted by molar-refractivity contribution is -0.142. The van der Waals surface area contributed by atoms with E-state index < -0.39 is 12.0 Å². The molecule has 112 valence electrons. The SMILES string of the molecule is O=C(O)[C@@H]1Cc2nc[nH]c2CN1C(=O)c1cc2sccc2[nH]1. The van der Waals surface area contributed by atoms with Crippen molar-refractivity contribution in [1.29, 1.82) is 0 Å². The van der Waals surface area contributed by atoms with Crippen LogP contribution in [-0.2, 0) is 17.8 Å². The van der Waals surface area contributed by atoms with Crippen molar-refractivity contribution in [2.24, 2.45) is 0 Å². The van der Waals surface area contributed by atoms with Crippen LogP contribution in [0.1, 0.15) is 21.9 Å². The van der Waals surface area contributed by atoms with Crippen molar-refractivity contribution in [2.75, 3.05) is 0 Å². The Kier molecular flexibility index (Phi) is 2.80. The molecule has 0 aromatic carbocycles. The van der Waals surface area contributed by atoms with Crippen molar-refractivity contribution in [3.05, 3.63) is 40.9 Å². The second-order valence-corrected chi connectivity index (χ2v) is 6.15.